The van der Waals surface area contributed by atoms with Crippen molar-refractivity contribution < 1.29 is 22.7 Å². The fourth-order valence-corrected chi connectivity index (χ4v) is 7.89. The van der Waals surface area contributed by atoms with Crippen molar-refractivity contribution in [1.29, 1.82) is 0 Å². The number of methoxy groups -OCH3 is 1. The lowest BCUT2D eigenvalue weighted by atomic mass is 9.94. The lowest BCUT2D eigenvalue weighted by molar-refractivity contribution is -0.140. The van der Waals surface area contributed by atoms with Crippen LogP contribution in [0.3, 0.4) is 0 Å². The van der Waals surface area contributed by atoms with Crippen molar-refractivity contribution in [1.82, 2.24) is 10.2 Å². The van der Waals surface area contributed by atoms with E-state index in [4.69, 9.17) is 4.74 Å². The van der Waals surface area contributed by atoms with Crippen LogP contribution in [-0.4, -0.2) is 50.9 Å². The van der Waals surface area contributed by atoms with Crippen LogP contribution >= 0.6 is 0 Å². The highest BCUT2D eigenvalue weighted by Crippen LogP contribution is 2.30. The van der Waals surface area contributed by atoms with Gasteiger partial charge in [-0.25, -0.2) is 8.42 Å². The average Bonchev–Trinajstić information content (AvgIpc) is 3.11. The first-order chi connectivity index (χ1) is 23.6. The van der Waals surface area contributed by atoms with E-state index in [1.807, 2.05) is 81.4 Å². The fourth-order valence-electron chi connectivity index (χ4n) is 6.42. The minimum atomic E-state index is -4.18. The molecule has 0 spiro atoms. The Kier molecular flexibility index (Phi) is 11.8. The lowest BCUT2D eigenvalue weighted by Gasteiger charge is -2.35. The molecule has 5 rings (SSSR count). The van der Waals surface area contributed by atoms with Gasteiger partial charge in [0, 0.05) is 19.0 Å². The summed E-state index contributed by atoms with van der Waals surface area (Å²) in [5.41, 5.74) is 4.65. The third-order valence-corrected chi connectivity index (χ3v) is 11.2. The predicted molar refractivity (Wildman–Crippen MR) is 194 cm³/mol. The van der Waals surface area contributed by atoms with Gasteiger partial charge in [-0.2, -0.15) is 0 Å². The first-order valence-electron chi connectivity index (χ1n) is 17.0. The monoisotopic (exact) mass is 681 g/mol. The van der Waals surface area contributed by atoms with E-state index >= 15 is 0 Å². The number of rotatable bonds is 13. The Bertz CT molecular complexity index is 1840. The highest BCUT2D eigenvalue weighted by Gasteiger charge is 2.36. The van der Waals surface area contributed by atoms with Gasteiger partial charge < -0.3 is 15.0 Å². The number of nitrogens with zero attached hydrogens (tertiary/aromatic N) is 2. The summed E-state index contributed by atoms with van der Waals surface area (Å²) in [6.07, 6.45) is 5.28. The van der Waals surface area contributed by atoms with Gasteiger partial charge in [0.2, 0.25) is 11.8 Å². The molecule has 1 aliphatic rings. The summed E-state index contributed by atoms with van der Waals surface area (Å²) < 4.78 is 35.5. The molecule has 4 aromatic rings. The van der Waals surface area contributed by atoms with Crippen LogP contribution in [0, 0.1) is 20.8 Å². The van der Waals surface area contributed by atoms with Crippen molar-refractivity contribution in [2.45, 2.75) is 82.8 Å². The van der Waals surface area contributed by atoms with Crippen LogP contribution in [0.15, 0.2) is 102 Å². The standard InChI is InChI=1S/C40H47N3O5S/c1-29-21-23-36(24-22-29)49(46,47)43(37-20-11-13-30(2)31(37)3)28-39(44)42(27-33-16-12-19-35(25-33)48-4)38(26-32-14-7-5-8-15-32)40(45)41-34-17-9-6-10-18-34/h5,7-8,11-16,19-25,34,38H,6,9-10,17-18,26-28H2,1-4H3,(H,41,45)/t38-/m1/s1. The van der Waals surface area contributed by atoms with Crippen molar-refractivity contribution in [2.75, 3.05) is 18.0 Å². The van der Waals surface area contributed by atoms with Crippen LogP contribution < -0.4 is 14.4 Å². The molecule has 258 valence electrons. The second kappa shape index (κ2) is 16.2. The molecule has 0 saturated heterocycles. The van der Waals surface area contributed by atoms with Crippen molar-refractivity contribution in [3.8, 4) is 5.75 Å². The molecule has 4 aromatic carbocycles. The largest absolute Gasteiger partial charge is 0.497 e. The number of benzene rings is 4. The fraction of sp³-hybridized carbons (Fsp3) is 0.350. The average molecular weight is 682 g/mol. The summed E-state index contributed by atoms with van der Waals surface area (Å²) in [5, 5.41) is 3.26. The predicted octanol–water partition coefficient (Wildman–Crippen LogP) is 6.90. The number of anilines is 1. The van der Waals surface area contributed by atoms with Crippen LogP contribution in [0.5, 0.6) is 5.75 Å². The Morgan fingerprint density at radius 2 is 1.51 bits per heavy atom. The molecule has 49 heavy (non-hydrogen) atoms. The minimum absolute atomic E-state index is 0.0293. The Morgan fingerprint density at radius 3 is 2.20 bits per heavy atom. The molecule has 0 aromatic heterocycles. The quantitative estimate of drug-likeness (QED) is 0.166. The molecule has 1 saturated carbocycles. The van der Waals surface area contributed by atoms with Crippen molar-refractivity contribution in [3.05, 3.63) is 125 Å². The molecule has 1 N–H and O–H groups in total. The van der Waals surface area contributed by atoms with E-state index in [0.717, 1.165) is 59.9 Å². The molecule has 8 nitrogen and oxygen atoms in total. The Morgan fingerprint density at radius 1 is 0.837 bits per heavy atom. The maximum Gasteiger partial charge on any atom is 0.264 e. The molecule has 1 aliphatic carbocycles. The molecule has 0 bridgehead atoms. The number of carbonyl (C=O) groups is 2. The van der Waals surface area contributed by atoms with Crippen LogP contribution in [0.2, 0.25) is 0 Å². The van der Waals surface area contributed by atoms with E-state index in [1.54, 1.807) is 48.4 Å². The first kappa shape index (κ1) is 35.7. The third-order valence-electron chi connectivity index (χ3n) is 9.44. The maximum atomic E-state index is 14.9. The van der Waals surface area contributed by atoms with E-state index in [9.17, 15) is 18.0 Å². The van der Waals surface area contributed by atoms with E-state index in [2.05, 4.69) is 5.32 Å². The smallest absolute Gasteiger partial charge is 0.264 e. The summed E-state index contributed by atoms with van der Waals surface area (Å²) in [6, 6.07) is 28.2. The molecule has 0 unspecified atom stereocenters. The topological polar surface area (TPSA) is 96.0 Å². The molecule has 0 heterocycles. The highest BCUT2D eigenvalue weighted by atomic mass is 32.2. The third kappa shape index (κ3) is 8.89. The van der Waals surface area contributed by atoms with Gasteiger partial charge in [0.15, 0.2) is 0 Å². The summed E-state index contributed by atoms with van der Waals surface area (Å²) in [7, 11) is -2.61. The van der Waals surface area contributed by atoms with Gasteiger partial charge in [-0.05, 0) is 86.2 Å². The number of carbonyl (C=O) groups excluding carboxylic acids is 2. The van der Waals surface area contributed by atoms with Crippen molar-refractivity contribution >= 4 is 27.5 Å². The Balaban J connectivity index is 1.59. The van der Waals surface area contributed by atoms with Crippen LogP contribution in [0.4, 0.5) is 5.69 Å². The van der Waals surface area contributed by atoms with Gasteiger partial charge in [0.1, 0.15) is 18.3 Å². The number of sulfonamides is 1. The summed E-state index contributed by atoms with van der Waals surface area (Å²) in [5.74, 6) is -0.110. The van der Waals surface area contributed by atoms with E-state index in [1.165, 1.54) is 4.31 Å². The number of amides is 2. The van der Waals surface area contributed by atoms with Gasteiger partial charge >= 0.3 is 0 Å². The summed E-state index contributed by atoms with van der Waals surface area (Å²) in [6.45, 7) is 5.25. The number of nitrogens with one attached hydrogen (secondary N) is 1. The SMILES string of the molecule is COc1cccc(CN(C(=O)CN(c2cccc(C)c2C)S(=O)(=O)c2ccc(C)cc2)[C@H](Cc2ccccc2)C(=O)NC2CCCCC2)c1. The normalized spacial score (nSPS) is 14.1. The number of hydrogen-bond acceptors (Lipinski definition) is 5. The highest BCUT2D eigenvalue weighted by molar-refractivity contribution is 7.92. The zero-order valence-electron chi connectivity index (χ0n) is 28.9. The molecular formula is C40H47N3O5S. The summed E-state index contributed by atoms with van der Waals surface area (Å²) >= 11 is 0. The summed E-state index contributed by atoms with van der Waals surface area (Å²) in [4.78, 5) is 30.8. The number of ether oxygens (including phenoxy) is 1. The van der Waals surface area contributed by atoms with Gasteiger partial charge in [0.25, 0.3) is 10.0 Å². The Labute approximate surface area is 291 Å². The Hall–Kier alpha value is -4.63. The number of hydrogen-bond donors (Lipinski definition) is 1. The minimum Gasteiger partial charge on any atom is -0.497 e. The van der Waals surface area contributed by atoms with Crippen LogP contribution in [0.25, 0.3) is 0 Å². The van der Waals surface area contributed by atoms with E-state index in [0.29, 0.717) is 11.4 Å². The maximum absolute atomic E-state index is 14.9. The second-order valence-corrected chi connectivity index (χ2v) is 14.8. The van der Waals surface area contributed by atoms with Gasteiger partial charge in [-0.15, -0.1) is 0 Å². The van der Waals surface area contributed by atoms with E-state index < -0.39 is 28.5 Å². The molecule has 0 aliphatic heterocycles. The van der Waals surface area contributed by atoms with Crippen LogP contribution in [-0.2, 0) is 32.6 Å². The molecule has 0 radical (unpaired) electrons. The zero-order valence-corrected chi connectivity index (χ0v) is 29.7. The van der Waals surface area contributed by atoms with E-state index in [-0.39, 0.29) is 29.8 Å². The molecule has 2 amide bonds. The second-order valence-electron chi connectivity index (χ2n) is 13.0. The lowest BCUT2D eigenvalue weighted by Crippen LogP contribution is -2.55. The molecule has 1 fully saturated rings. The molecular weight excluding hydrogens is 635 g/mol. The number of aryl methyl sites for hydroxylation is 2. The molecule has 9 heteroatoms. The van der Waals surface area contributed by atoms with Gasteiger partial charge in [-0.1, -0.05) is 91.6 Å². The van der Waals surface area contributed by atoms with Gasteiger partial charge in [0.05, 0.1) is 17.7 Å². The van der Waals surface area contributed by atoms with Gasteiger partial charge in [-0.3, -0.25) is 13.9 Å². The zero-order chi connectivity index (χ0) is 35.0. The first-order valence-corrected chi connectivity index (χ1v) is 18.4. The van der Waals surface area contributed by atoms with Crippen molar-refractivity contribution in [3.63, 3.8) is 0 Å². The van der Waals surface area contributed by atoms with Crippen LogP contribution in [0.1, 0.15) is 59.9 Å². The van der Waals surface area contributed by atoms with Crippen molar-refractivity contribution in [2.24, 2.45) is 0 Å². The molecule has 1 atom stereocenters.